The van der Waals surface area contributed by atoms with Crippen LogP contribution >= 0.6 is 0 Å². The Hall–Kier alpha value is -2.45. The molecular weight excluding hydrogens is 558 g/mol. The summed E-state index contributed by atoms with van der Waals surface area (Å²) >= 11 is 0. The summed E-state index contributed by atoms with van der Waals surface area (Å²) in [5.74, 6) is -1.51. The number of rotatable bonds is 29. The number of unbranched alkanes of at least 4 members (excludes halogenated alkanes) is 9. The first kappa shape index (κ1) is 41.5. The van der Waals surface area contributed by atoms with E-state index in [0.29, 0.717) is 19.3 Å². The molecule has 0 aromatic heterocycles. The fourth-order valence-electron chi connectivity index (χ4n) is 4.63. The van der Waals surface area contributed by atoms with Crippen LogP contribution in [-0.4, -0.2) is 80.6 Å². The third kappa shape index (κ3) is 26.0. The molecule has 8 heteroatoms. The number of ether oxygens (including phenoxy) is 3. The lowest BCUT2D eigenvalue weighted by atomic mass is 10.1. The highest BCUT2D eigenvalue weighted by Crippen LogP contribution is 2.12. The lowest BCUT2D eigenvalue weighted by molar-refractivity contribution is -0.887. The maximum absolute atomic E-state index is 12.5. The Labute approximate surface area is 268 Å². The molecule has 0 spiro atoms. The first-order valence-electron chi connectivity index (χ1n) is 17.0. The number of allylic oxidation sites excluding steroid dienone is 6. The van der Waals surface area contributed by atoms with Crippen LogP contribution in [-0.2, 0) is 28.6 Å². The second kappa shape index (κ2) is 28.1. The smallest absolute Gasteiger partial charge is 0.362 e. The number of carbonyl (C=O) groups excluding carboxylic acids is 2. The van der Waals surface area contributed by atoms with Crippen LogP contribution in [0.5, 0.6) is 0 Å². The lowest BCUT2D eigenvalue weighted by Crippen LogP contribution is -2.50. The van der Waals surface area contributed by atoms with E-state index in [2.05, 4.69) is 50.3 Å². The van der Waals surface area contributed by atoms with Gasteiger partial charge < -0.3 is 23.8 Å². The van der Waals surface area contributed by atoms with Gasteiger partial charge in [-0.05, 0) is 44.9 Å². The van der Waals surface area contributed by atoms with E-state index in [0.717, 1.165) is 89.9 Å². The molecule has 2 atom stereocenters. The van der Waals surface area contributed by atoms with Crippen LogP contribution in [0.25, 0.3) is 0 Å². The van der Waals surface area contributed by atoms with Gasteiger partial charge in [-0.1, -0.05) is 95.2 Å². The van der Waals surface area contributed by atoms with Gasteiger partial charge in [0.15, 0.2) is 12.1 Å². The maximum atomic E-state index is 12.5. The molecule has 254 valence electrons. The summed E-state index contributed by atoms with van der Waals surface area (Å²) in [6.07, 6.45) is 27.9. The molecule has 44 heavy (non-hydrogen) atoms. The lowest BCUT2D eigenvalue weighted by Gasteiger charge is -2.31. The Morgan fingerprint density at radius 1 is 0.705 bits per heavy atom. The molecule has 2 unspecified atom stereocenters. The van der Waals surface area contributed by atoms with Crippen molar-refractivity contribution in [3.8, 4) is 0 Å². The molecule has 0 saturated carbocycles. The standard InChI is InChI=1S/C36H63NO7/c1-6-8-10-12-13-14-15-16-17-18-19-20-21-23-25-27-35(39)44-32(31-43-34(38)26-24-22-11-9-7-2)30-42-29-28-33(36(40)41)37(3,4)5/h8,10,13-14,16-17,32-33H,6-7,9,11-12,15,18-31H2,1-5H3/p+1/b10-8-,14-13-,17-16-. The molecule has 0 fully saturated rings. The number of aliphatic carboxylic acids is 1. The van der Waals surface area contributed by atoms with E-state index in [-0.39, 0.29) is 36.2 Å². The summed E-state index contributed by atoms with van der Waals surface area (Å²) in [5, 5.41) is 9.53. The van der Waals surface area contributed by atoms with Crippen LogP contribution in [0.4, 0.5) is 0 Å². The summed E-state index contributed by atoms with van der Waals surface area (Å²) in [4.78, 5) is 36.4. The van der Waals surface area contributed by atoms with E-state index in [4.69, 9.17) is 14.2 Å². The number of carboxylic acids is 1. The molecule has 0 amide bonds. The van der Waals surface area contributed by atoms with Gasteiger partial charge in [-0.15, -0.1) is 0 Å². The number of hydrogen-bond donors (Lipinski definition) is 1. The van der Waals surface area contributed by atoms with Gasteiger partial charge in [-0.3, -0.25) is 9.59 Å². The van der Waals surface area contributed by atoms with Gasteiger partial charge in [0.1, 0.15) is 6.61 Å². The molecule has 8 nitrogen and oxygen atoms in total. The summed E-state index contributed by atoms with van der Waals surface area (Å²) in [6.45, 7) is 4.49. The molecule has 0 bridgehead atoms. The average molecular weight is 623 g/mol. The normalized spacial score (nSPS) is 13.6. The first-order valence-corrected chi connectivity index (χ1v) is 17.0. The highest BCUT2D eigenvalue weighted by molar-refractivity contribution is 5.72. The number of quaternary nitrogens is 1. The van der Waals surface area contributed by atoms with Crippen molar-refractivity contribution in [2.75, 3.05) is 41.0 Å². The zero-order valence-electron chi connectivity index (χ0n) is 28.6. The molecule has 1 N–H and O–H groups in total. The van der Waals surface area contributed by atoms with Crippen molar-refractivity contribution >= 4 is 17.9 Å². The van der Waals surface area contributed by atoms with Crippen molar-refractivity contribution in [2.24, 2.45) is 0 Å². The van der Waals surface area contributed by atoms with Crippen molar-refractivity contribution in [2.45, 2.75) is 135 Å². The second-order valence-electron chi connectivity index (χ2n) is 12.4. The van der Waals surface area contributed by atoms with Crippen LogP contribution in [0.2, 0.25) is 0 Å². The van der Waals surface area contributed by atoms with Crippen LogP contribution in [0, 0.1) is 0 Å². The highest BCUT2D eigenvalue weighted by atomic mass is 16.6. The second-order valence-corrected chi connectivity index (χ2v) is 12.4. The van der Waals surface area contributed by atoms with Gasteiger partial charge in [0.2, 0.25) is 0 Å². The number of hydrogen-bond acceptors (Lipinski definition) is 6. The van der Waals surface area contributed by atoms with E-state index < -0.39 is 18.1 Å². The summed E-state index contributed by atoms with van der Waals surface area (Å²) in [6, 6.07) is -0.613. The molecule has 0 aliphatic rings. The first-order chi connectivity index (χ1) is 21.1. The predicted molar refractivity (Wildman–Crippen MR) is 178 cm³/mol. The fourth-order valence-corrected chi connectivity index (χ4v) is 4.63. The van der Waals surface area contributed by atoms with Crippen molar-refractivity contribution in [3.63, 3.8) is 0 Å². The van der Waals surface area contributed by atoms with Crippen LogP contribution in [0.1, 0.15) is 123 Å². The van der Waals surface area contributed by atoms with E-state index >= 15 is 0 Å². The van der Waals surface area contributed by atoms with Gasteiger partial charge in [0.25, 0.3) is 0 Å². The van der Waals surface area contributed by atoms with Crippen molar-refractivity contribution in [3.05, 3.63) is 36.5 Å². The minimum absolute atomic E-state index is 0.0538. The van der Waals surface area contributed by atoms with E-state index in [1.807, 2.05) is 21.1 Å². The minimum Gasteiger partial charge on any atom is -0.477 e. The third-order valence-corrected chi connectivity index (χ3v) is 7.30. The predicted octanol–water partition coefficient (Wildman–Crippen LogP) is 7.96. The molecule has 0 aromatic carbocycles. The van der Waals surface area contributed by atoms with E-state index in [9.17, 15) is 19.5 Å². The van der Waals surface area contributed by atoms with Crippen LogP contribution < -0.4 is 0 Å². The molecule has 0 heterocycles. The fraction of sp³-hybridized carbons (Fsp3) is 0.750. The van der Waals surface area contributed by atoms with Gasteiger partial charge in [0, 0.05) is 19.3 Å². The molecule has 0 radical (unpaired) electrons. The summed E-state index contributed by atoms with van der Waals surface area (Å²) < 4.78 is 17.0. The zero-order chi connectivity index (χ0) is 32.9. The Kier molecular flexibility index (Phi) is 26.5. The monoisotopic (exact) mass is 622 g/mol. The van der Waals surface area contributed by atoms with Gasteiger partial charge in [-0.2, -0.15) is 0 Å². The SMILES string of the molecule is CC/C=C\C/C=C\C/C=C\CCCCCCCC(=O)OC(COCCC(C(=O)O)[N+](C)(C)C)COC(=O)CCCCCCC. The van der Waals surface area contributed by atoms with Crippen LogP contribution in [0.15, 0.2) is 36.5 Å². The van der Waals surface area contributed by atoms with Gasteiger partial charge in [0.05, 0.1) is 34.4 Å². The zero-order valence-corrected chi connectivity index (χ0v) is 28.6. The quantitative estimate of drug-likeness (QED) is 0.0391. The number of likely N-dealkylation sites (N-methyl/N-ethyl adjacent to an activating group) is 1. The number of carboxylic acid groups (broad SMARTS) is 1. The van der Waals surface area contributed by atoms with Gasteiger partial charge >= 0.3 is 17.9 Å². The highest BCUT2D eigenvalue weighted by Gasteiger charge is 2.31. The Morgan fingerprint density at radius 3 is 1.89 bits per heavy atom. The number of nitrogens with zero attached hydrogens (tertiary/aromatic N) is 1. The maximum Gasteiger partial charge on any atom is 0.362 e. The van der Waals surface area contributed by atoms with Crippen LogP contribution in [0.3, 0.4) is 0 Å². The third-order valence-electron chi connectivity index (χ3n) is 7.30. The Morgan fingerprint density at radius 2 is 1.27 bits per heavy atom. The van der Waals surface area contributed by atoms with E-state index in [1.165, 1.54) is 0 Å². The topological polar surface area (TPSA) is 99.1 Å². The Bertz CT molecular complexity index is 829. The minimum atomic E-state index is -0.882. The Balaban J connectivity index is 4.42. The molecule has 0 aliphatic heterocycles. The molecule has 0 aromatic rings. The summed E-state index contributed by atoms with van der Waals surface area (Å²) in [5.41, 5.74) is 0. The molecule has 0 saturated heterocycles. The van der Waals surface area contributed by atoms with Gasteiger partial charge in [-0.25, -0.2) is 4.79 Å². The molecule has 0 aliphatic carbocycles. The molecular formula is C36H64NO7+. The van der Waals surface area contributed by atoms with Crippen molar-refractivity contribution < 1.29 is 38.2 Å². The molecule has 0 rings (SSSR count). The largest absolute Gasteiger partial charge is 0.477 e. The van der Waals surface area contributed by atoms with E-state index in [1.54, 1.807) is 0 Å². The summed E-state index contributed by atoms with van der Waals surface area (Å²) in [7, 11) is 5.49. The van der Waals surface area contributed by atoms with Crippen molar-refractivity contribution in [1.29, 1.82) is 0 Å². The number of esters is 2. The van der Waals surface area contributed by atoms with Crippen molar-refractivity contribution in [1.82, 2.24) is 0 Å². The average Bonchev–Trinajstić information content (AvgIpc) is 2.96. The number of carbonyl (C=O) groups is 3.